The molecule has 18 heavy (non-hydrogen) atoms. The lowest BCUT2D eigenvalue weighted by atomic mass is 10.2. The summed E-state index contributed by atoms with van der Waals surface area (Å²) in [4.78, 5) is 22.5. The van der Waals surface area contributed by atoms with Crippen LogP contribution in [0.2, 0.25) is 0 Å². The molecule has 98 valence electrons. The van der Waals surface area contributed by atoms with Crippen molar-refractivity contribution in [2.45, 2.75) is 38.7 Å². The van der Waals surface area contributed by atoms with E-state index in [1.807, 2.05) is 0 Å². The molecule has 1 aliphatic carbocycles. The summed E-state index contributed by atoms with van der Waals surface area (Å²) in [5.41, 5.74) is 1.29. The zero-order valence-corrected chi connectivity index (χ0v) is 10.5. The highest BCUT2D eigenvalue weighted by molar-refractivity contribution is 5.87. The molecule has 0 bridgehead atoms. The minimum Gasteiger partial charge on any atom is -0.456 e. The van der Waals surface area contributed by atoms with E-state index in [4.69, 9.17) is 4.74 Å². The maximum absolute atomic E-state index is 11.7. The van der Waals surface area contributed by atoms with Gasteiger partial charge in [-0.3, -0.25) is 9.89 Å². The molecule has 1 aliphatic rings. The number of nitrogens with one attached hydrogen (secondary N) is 2. The monoisotopic (exact) mass is 251 g/mol. The summed E-state index contributed by atoms with van der Waals surface area (Å²) in [6.07, 6.45) is 1.92. The average Bonchev–Trinajstić information content (AvgIpc) is 3.04. The number of carbonyl (C=O) groups is 2. The normalized spacial score (nSPS) is 16.1. The maximum Gasteiger partial charge on any atom is 0.359 e. The van der Waals surface area contributed by atoms with Gasteiger partial charge in [-0.25, -0.2) is 4.79 Å². The van der Waals surface area contributed by atoms with Gasteiger partial charge in [0.2, 0.25) is 5.91 Å². The number of nitrogens with zero attached hydrogens (tertiary/aromatic N) is 1. The molecule has 2 rings (SSSR count). The Balaban J connectivity index is 1.84. The van der Waals surface area contributed by atoms with Gasteiger partial charge in [0.1, 0.15) is 6.10 Å². The van der Waals surface area contributed by atoms with Gasteiger partial charge < -0.3 is 10.1 Å². The second kappa shape index (κ2) is 5.20. The van der Waals surface area contributed by atoms with E-state index in [2.05, 4.69) is 15.5 Å². The number of amides is 1. The molecule has 0 saturated heterocycles. The van der Waals surface area contributed by atoms with E-state index in [0.717, 1.165) is 18.5 Å². The molecule has 1 atom stereocenters. The second-order valence-corrected chi connectivity index (χ2v) is 4.64. The molecule has 1 amide bonds. The fraction of sp³-hybridized carbons (Fsp3) is 0.583. The van der Waals surface area contributed by atoms with Crippen molar-refractivity contribution in [1.82, 2.24) is 15.5 Å². The van der Waals surface area contributed by atoms with E-state index in [-0.39, 0.29) is 12.0 Å². The van der Waals surface area contributed by atoms with Gasteiger partial charge in [0.25, 0.3) is 0 Å². The Labute approximate surface area is 105 Å². The van der Waals surface area contributed by atoms with Gasteiger partial charge in [0.15, 0.2) is 5.69 Å². The molecule has 1 heterocycles. The lowest BCUT2D eigenvalue weighted by Gasteiger charge is -2.12. The van der Waals surface area contributed by atoms with Gasteiger partial charge in [-0.1, -0.05) is 0 Å². The summed E-state index contributed by atoms with van der Waals surface area (Å²) in [7, 11) is 0. The van der Waals surface area contributed by atoms with Crippen LogP contribution in [0.4, 0.5) is 0 Å². The highest BCUT2D eigenvalue weighted by Gasteiger charge is 2.27. The molecule has 1 saturated carbocycles. The molecule has 6 heteroatoms. The van der Waals surface area contributed by atoms with Crippen molar-refractivity contribution >= 4 is 11.9 Å². The van der Waals surface area contributed by atoms with Crippen molar-refractivity contribution in [3.63, 3.8) is 0 Å². The SMILES string of the molecule is CC(=O)NC[C@@H](C)OC(=O)c1cc(C2CC2)[nH]n1. The van der Waals surface area contributed by atoms with Gasteiger partial charge in [-0.15, -0.1) is 0 Å². The minimum absolute atomic E-state index is 0.145. The summed E-state index contributed by atoms with van der Waals surface area (Å²) in [6, 6.07) is 1.74. The van der Waals surface area contributed by atoms with E-state index in [1.54, 1.807) is 13.0 Å². The van der Waals surface area contributed by atoms with E-state index < -0.39 is 5.97 Å². The third-order valence-electron chi connectivity index (χ3n) is 2.77. The molecule has 2 N–H and O–H groups in total. The Morgan fingerprint density at radius 3 is 2.94 bits per heavy atom. The van der Waals surface area contributed by atoms with Crippen molar-refractivity contribution in [1.29, 1.82) is 0 Å². The quantitative estimate of drug-likeness (QED) is 0.764. The molecule has 1 fully saturated rings. The number of esters is 1. The first-order valence-electron chi connectivity index (χ1n) is 6.07. The zero-order chi connectivity index (χ0) is 13.1. The number of rotatable bonds is 5. The summed E-state index contributed by atoms with van der Waals surface area (Å²) in [5.74, 6) is -0.0828. The van der Waals surface area contributed by atoms with E-state index in [1.165, 1.54) is 6.92 Å². The summed E-state index contributed by atoms with van der Waals surface area (Å²) in [6.45, 7) is 3.45. The fourth-order valence-electron chi connectivity index (χ4n) is 1.62. The van der Waals surface area contributed by atoms with Crippen LogP contribution in [0.1, 0.15) is 48.8 Å². The molecule has 0 aliphatic heterocycles. The summed E-state index contributed by atoms with van der Waals surface area (Å²) >= 11 is 0. The van der Waals surface area contributed by atoms with Gasteiger partial charge >= 0.3 is 5.97 Å². The molecule has 0 spiro atoms. The van der Waals surface area contributed by atoms with Crippen LogP contribution in [0.3, 0.4) is 0 Å². The molecule has 1 aromatic rings. The molecule has 0 unspecified atom stereocenters. The number of carbonyl (C=O) groups excluding carboxylic acids is 2. The van der Waals surface area contributed by atoms with Crippen molar-refractivity contribution in [3.05, 3.63) is 17.5 Å². The molecule has 1 aromatic heterocycles. The number of aromatic amines is 1. The Hall–Kier alpha value is -1.85. The molecule has 6 nitrogen and oxygen atoms in total. The average molecular weight is 251 g/mol. The van der Waals surface area contributed by atoms with Crippen LogP contribution in [0.25, 0.3) is 0 Å². The van der Waals surface area contributed by atoms with Crippen LogP contribution in [-0.2, 0) is 9.53 Å². The predicted molar refractivity (Wildman–Crippen MR) is 64.1 cm³/mol. The molecular formula is C12H17N3O3. The Morgan fingerprint density at radius 1 is 1.61 bits per heavy atom. The van der Waals surface area contributed by atoms with E-state index in [0.29, 0.717) is 18.2 Å². The first-order chi connectivity index (χ1) is 8.56. The molecule has 0 radical (unpaired) electrons. The van der Waals surface area contributed by atoms with Crippen molar-refractivity contribution in [2.24, 2.45) is 0 Å². The fourth-order valence-corrected chi connectivity index (χ4v) is 1.62. The minimum atomic E-state index is -0.462. The number of ether oxygens (including phenoxy) is 1. The highest BCUT2D eigenvalue weighted by atomic mass is 16.5. The third kappa shape index (κ3) is 3.32. The number of hydrogen-bond donors (Lipinski definition) is 2. The predicted octanol–water partition coefficient (Wildman–Crippen LogP) is 0.968. The topological polar surface area (TPSA) is 84.1 Å². The third-order valence-corrected chi connectivity index (χ3v) is 2.77. The van der Waals surface area contributed by atoms with Gasteiger partial charge in [0, 0.05) is 18.5 Å². The number of H-pyrrole nitrogens is 1. The van der Waals surface area contributed by atoms with Crippen LogP contribution in [0.5, 0.6) is 0 Å². The summed E-state index contributed by atoms with van der Waals surface area (Å²) < 4.78 is 5.16. The smallest absolute Gasteiger partial charge is 0.359 e. The first kappa shape index (κ1) is 12.6. The highest BCUT2D eigenvalue weighted by Crippen LogP contribution is 2.39. The first-order valence-corrected chi connectivity index (χ1v) is 6.07. The Kier molecular flexibility index (Phi) is 3.64. The van der Waals surface area contributed by atoms with Crippen LogP contribution in [0.15, 0.2) is 6.07 Å². The zero-order valence-electron chi connectivity index (χ0n) is 10.5. The summed E-state index contributed by atoms with van der Waals surface area (Å²) in [5, 5.41) is 9.38. The van der Waals surface area contributed by atoms with E-state index in [9.17, 15) is 9.59 Å². The van der Waals surface area contributed by atoms with Gasteiger partial charge in [-0.2, -0.15) is 5.10 Å². The van der Waals surface area contributed by atoms with Crippen molar-refractivity contribution in [3.8, 4) is 0 Å². The number of hydrogen-bond acceptors (Lipinski definition) is 4. The van der Waals surface area contributed by atoms with Crippen molar-refractivity contribution < 1.29 is 14.3 Å². The number of aromatic nitrogens is 2. The Bertz CT molecular complexity index is 451. The van der Waals surface area contributed by atoms with Crippen LogP contribution in [0, 0.1) is 0 Å². The van der Waals surface area contributed by atoms with E-state index >= 15 is 0 Å². The molecular weight excluding hydrogens is 234 g/mol. The second-order valence-electron chi connectivity index (χ2n) is 4.64. The van der Waals surface area contributed by atoms with Crippen LogP contribution < -0.4 is 5.32 Å². The van der Waals surface area contributed by atoms with Crippen LogP contribution in [-0.4, -0.2) is 34.7 Å². The lowest BCUT2D eigenvalue weighted by molar-refractivity contribution is -0.119. The Morgan fingerprint density at radius 2 is 2.33 bits per heavy atom. The van der Waals surface area contributed by atoms with Crippen molar-refractivity contribution in [2.75, 3.05) is 6.54 Å². The van der Waals surface area contributed by atoms with Gasteiger partial charge in [-0.05, 0) is 25.8 Å². The van der Waals surface area contributed by atoms with Crippen LogP contribution >= 0.6 is 0 Å². The largest absolute Gasteiger partial charge is 0.456 e. The standard InChI is InChI=1S/C12H17N3O3/c1-7(6-13-8(2)16)18-12(17)11-5-10(14-15-11)9-3-4-9/h5,7,9H,3-4,6H2,1-2H3,(H,13,16)(H,14,15)/t7-/m1/s1. The lowest BCUT2D eigenvalue weighted by Crippen LogP contribution is -2.31. The maximum atomic E-state index is 11.7. The molecule has 0 aromatic carbocycles. The van der Waals surface area contributed by atoms with Gasteiger partial charge in [0.05, 0.1) is 6.54 Å².